The highest BCUT2D eigenvalue weighted by atomic mass is 16.2. The first-order valence-corrected chi connectivity index (χ1v) is 13.8. The summed E-state index contributed by atoms with van der Waals surface area (Å²) >= 11 is 0. The average Bonchev–Trinajstić information content (AvgIpc) is 2.66. The molecule has 8 atom stereocenters. The highest BCUT2D eigenvalue weighted by Crippen LogP contribution is 2.75. The van der Waals surface area contributed by atoms with Crippen molar-refractivity contribution in [2.24, 2.45) is 50.7 Å². The molecule has 0 aromatic rings. The summed E-state index contributed by atoms with van der Waals surface area (Å²) in [5.74, 6) is 3.67. The van der Waals surface area contributed by atoms with Gasteiger partial charge in [-0.1, -0.05) is 59.6 Å². The number of hydrogen-bond acceptors (Lipinski definition) is 1. The van der Waals surface area contributed by atoms with E-state index in [0.717, 1.165) is 23.7 Å². The number of allylic oxidation sites excluding steroid dienone is 1. The van der Waals surface area contributed by atoms with Crippen LogP contribution >= 0.6 is 0 Å². The highest BCUT2D eigenvalue weighted by molar-refractivity contribution is 5.20. The van der Waals surface area contributed by atoms with E-state index in [2.05, 4.69) is 47.6 Å². The Morgan fingerprint density at radius 1 is 0.710 bits per heavy atom. The largest absolute Gasteiger partial charge is 0.392 e. The zero-order valence-electron chi connectivity index (χ0n) is 21.5. The summed E-state index contributed by atoms with van der Waals surface area (Å²) in [5.41, 5.74) is 4.19. The second-order valence-electron chi connectivity index (χ2n) is 14.6. The summed E-state index contributed by atoms with van der Waals surface area (Å²) in [6.07, 6.45) is 19.1. The standard InChI is InChI=1S/C30H50O/c1-26(2)14-7-15-28(4)22(26)11-17-30(6)24-10-16-27(3)20-21(13-19-31)8-9-23(27)29(24,5)18-12-25(28)30/h13,22-25,31H,7-12,14-20H2,1-6H3/b21-13+/t22-,23-,24+,25+,27-,28-,29-,30-/m0/s1. The van der Waals surface area contributed by atoms with Gasteiger partial charge in [-0.3, -0.25) is 0 Å². The topological polar surface area (TPSA) is 20.2 Å². The Kier molecular flexibility index (Phi) is 5.15. The Morgan fingerprint density at radius 2 is 1.29 bits per heavy atom. The molecular weight excluding hydrogens is 376 g/mol. The Balaban J connectivity index is 1.48. The van der Waals surface area contributed by atoms with Crippen LogP contribution in [0.25, 0.3) is 0 Å². The number of rotatable bonds is 1. The summed E-state index contributed by atoms with van der Waals surface area (Å²) in [6, 6.07) is 0. The van der Waals surface area contributed by atoms with Crippen LogP contribution in [0, 0.1) is 50.7 Å². The van der Waals surface area contributed by atoms with E-state index in [-0.39, 0.29) is 6.61 Å². The molecular formula is C30H50O. The molecule has 1 nitrogen and oxygen atoms in total. The van der Waals surface area contributed by atoms with Crippen molar-refractivity contribution >= 4 is 0 Å². The predicted octanol–water partition coefficient (Wildman–Crippen LogP) is 8.17. The molecule has 0 aliphatic heterocycles. The van der Waals surface area contributed by atoms with E-state index < -0.39 is 0 Å². The van der Waals surface area contributed by atoms with Crippen LogP contribution < -0.4 is 0 Å². The molecule has 5 aliphatic carbocycles. The maximum atomic E-state index is 9.48. The van der Waals surface area contributed by atoms with Crippen molar-refractivity contribution in [3.8, 4) is 0 Å². The minimum Gasteiger partial charge on any atom is -0.392 e. The maximum Gasteiger partial charge on any atom is 0.0615 e. The molecule has 5 aliphatic rings. The molecule has 0 heterocycles. The van der Waals surface area contributed by atoms with Crippen LogP contribution in [0.15, 0.2) is 11.6 Å². The third kappa shape index (κ3) is 3.03. The highest BCUT2D eigenvalue weighted by Gasteiger charge is 2.67. The summed E-state index contributed by atoms with van der Waals surface area (Å²) in [4.78, 5) is 0. The molecule has 0 radical (unpaired) electrons. The molecule has 0 bridgehead atoms. The first-order valence-electron chi connectivity index (χ1n) is 13.8. The Bertz CT molecular complexity index is 750. The van der Waals surface area contributed by atoms with Crippen molar-refractivity contribution in [1.82, 2.24) is 0 Å². The number of hydrogen-bond donors (Lipinski definition) is 1. The van der Waals surface area contributed by atoms with E-state index in [4.69, 9.17) is 0 Å². The summed E-state index contributed by atoms with van der Waals surface area (Å²) in [6.45, 7) is 16.3. The van der Waals surface area contributed by atoms with Crippen molar-refractivity contribution in [1.29, 1.82) is 0 Å². The van der Waals surface area contributed by atoms with Crippen molar-refractivity contribution < 1.29 is 5.11 Å². The van der Waals surface area contributed by atoms with Crippen LogP contribution in [-0.2, 0) is 0 Å². The number of fused-ring (bicyclic) bond motifs is 7. The van der Waals surface area contributed by atoms with E-state index in [1.54, 1.807) is 5.57 Å². The van der Waals surface area contributed by atoms with Crippen LogP contribution in [-0.4, -0.2) is 11.7 Å². The van der Waals surface area contributed by atoms with Crippen LogP contribution in [0.1, 0.15) is 119 Å². The number of aliphatic hydroxyl groups excluding tert-OH is 1. The SMILES string of the molecule is CC1(C)CCC[C@]2(C)[C@H]3CC[C@]4(C)[C@@H](CC[C@@]5(C)C/C(=C/CO)CC[C@@H]54)[C@]3(C)CC[C@@H]12. The Morgan fingerprint density at radius 3 is 1.97 bits per heavy atom. The van der Waals surface area contributed by atoms with Gasteiger partial charge in [-0.15, -0.1) is 0 Å². The lowest BCUT2D eigenvalue weighted by Gasteiger charge is -2.72. The normalized spacial score (nSPS) is 55.0. The number of aliphatic hydroxyl groups is 1. The lowest BCUT2D eigenvalue weighted by Crippen LogP contribution is -2.64. The van der Waals surface area contributed by atoms with Gasteiger partial charge in [0.05, 0.1) is 6.61 Å². The Hall–Kier alpha value is -0.300. The van der Waals surface area contributed by atoms with Gasteiger partial charge < -0.3 is 5.11 Å². The summed E-state index contributed by atoms with van der Waals surface area (Å²) in [7, 11) is 0. The Labute approximate surface area is 192 Å². The smallest absolute Gasteiger partial charge is 0.0615 e. The molecule has 0 amide bonds. The van der Waals surface area contributed by atoms with E-state index in [1.807, 2.05) is 0 Å². The molecule has 1 heteroatoms. The van der Waals surface area contributed by atoms with E-state index >= 15 is 0 Å². The second-order valence-corrected chi connectivity index (χ2v) is 14.6. The van der Waals surface area contributed by atoms with Crippen LogP contribution in [0.5, 0.6) is 0 Å². The summed E-state index contributed by atoms with van der Waals surface area (Å²) in [5, 5.41) is 9.48. The van der Waals surface area contributed by atoms with Crippen LogP contribution in [0.3, 0.4) is 0 Å². The molecule has 1 N–H and O–H groups in total. The zero-order valence-corrected chi connectivity index (χ0v) is 21.5. The first kappa shape index (κ1) is 22.5. The predicted molar refractivity (Wildman–Crippen MR) is 131 cm³/mol. The molecule has 0 spiro atoms. The molecule has 0 saturated heterocycles. The van der Waals surface area contributed by atoms with E-state index in [1.165, 1.54) is 77.0 Å². The third-order valence-corrected chi connectivity index (χ3v) is 12.8. The first-order chi connectivity index (χ1) is 14.5. The van der Waals surface area contributed by atoms with Gasteiger partial charge in [0.25, 0.3) is 0 Å². The molecule has 176 valence electrons. The van der Waals surface area contributed by atoms with E-state index in [9.17, 15) is 5.11 Å². The van der Waals surface area contributed by atoms with Gasteiger partial charge in [0.2, 0.25) is 0 Å². The molecule has 0 unspecified atom stereocenters. The van der Waals surface area contributed by atoms with Gasteiger partial charge in [-0.2, -0.15) is 0 Å². The van der Waals surface area contributed by atoms with Crippen molar-refractivity contribution in [2.75, 3.05) is 6.61 Å². The fourth-order valence-corrected chi connectivity index (χ4v) is 11.8. The molecule has 31 heavy (non-hydrogen) atoms. The van der Waals surface area contributed by atoms with Gasteiger partial charge in [-0.25, -0.2) is 0 Å². The van der Waals surface area contributed by atoms with Gasteiger partial charge in [0.1, 0.15) is 0 Å². The summed E-state index contributed by atoms with van der Waals surface area (Å²) < 4.78 is 0. The quantitative estimate of drug-likeness (QED) is 0.419. The monoisotopic (exact) mass is 426 g/mol. The third-order valence-electron chi connectivity index (χ3n) is 12.8. The minimum atomic E-state index is 0.228. The van der Waals surface area contributed by atoms with Gasteiger partial charge in [0.15, 0.2) is 0 Å². The fraction of sp³-hybridized carbons (Fsp3) is 0.933. The maximum absolute atomic E-state index is 9.48. The van der Waals surface area contributed by atoms with Gasteiger partial charge in [-0.05, 0) is 121 Å². The van der Waals surface area contributed by atoms with Gasteiger partial charge >= 0.3 is 0 Å². The molecule has 5 fully saturated rings. The lowest BCUT2D eigenvalue weighted by molar-refractivity contribution is -0.227. The van der Waals surface area contributed by atoms with Crippen molar-refractivity contribution in [3.05, 3.63) is 11.6 Å². The van der Waals surface area contributed by atoms with Crippen molar-refractivity contribution in [2.45, 2.75) is 119 Å². The molecule has 5 saturated carbocycles. The second kappa shape index (κ2) is 7.10. The zero-order chi connectivity index (χ0) is 22.3. The van der Waals surface area contributed by atoms with Crippen molar-refractivity contribution in [3.63, 3.8) is 0 Å². The minimum absolute atomic E-state index is 0.228. The molecule has 0 aromatic heterocycles. The molecule has 0 aromatic carbocycles. The van der Waals surface area contributed by atoms with Crippen LogP contribution in [0.2, 0.25) is 0 Å². The lowest BCUT2D eigenvalue weighted by atomic mass is 9.33. The molecule has 5 rings (SSSR count). The average molecular weight is 427 g/mol. The van der Waals surface area contributed by atoms with Crippen LogP contribution in [0.4, 0.5) is 0 Å². The van der Waals surface area contributed by atoms with Gasteiger partial charge in [0, 0.05) is 0 Å². The fourth-order valence-electron chi connectivity index (χ4n) is 11.8. The van der Waals surface area contributed by atoms with E-state index in [0.29, 0.717) is 27.1 Å².